The third-order valence-corrected chi connectivity index (χ3v) is 4.04. The number of amides is 1. The van der Waals surface area contributed by atoms with Crippen LogP contribution in [-0.2, 0) is 4.74 Å². The molecule has 26 heavy (non-hydrogen) atoms. The Morgan fingerprint density at radius 3 is 2.65 bits per heavy atom. The summed E-state index contributed by atoms with van der Waals surface area (Å²) < 4.78 is 4.69. The molecular formula is C18H21ClN4O3. The molecule has 0 fully saturated rings. The fourth-order valence-corrected chi connectivity index (χ4v) is 2.36. The quantitative estimate of drug-likeness (QED) is 0.744. The minimum atomic E-state index is -0.466. The van der Waals surface area contributed by atoms with Crippen LogP contribution in [-0.4, -0.2) is 47.4 Å². The van der Waals surface area contributed by atoms with Gasteiger partial charge in [-0.2, -0.15) is 0 Å². The number of hydrogen-bond acceptors (Lipinski definition) is 6. The fraction of sp³-hybridized carbons (Fsp3) is 0.333. The second-order valence-electron chi connectivity index (χ2n) is 5.68. The molecule has 1 N–H and O–H groups in total. The number of rotatable bonds is 7. The molecule has 138 valence electrons. The zero-order valence-corrected chi connectivity index (χ0v) is 15.7. The fourth-order valence-electron chi connectivity index (χ4n) is 2.20. The van der Waals surface area contributed by atoms with E-state index in [2.05, 4.69) is 22.2 Å². The number of nitrogens with zero attached hydrogens (tertiary/aromatic N) is 3. The Kier molecular flexibility index (Phi) is 6.91. The number of ether oxygens (including phenoxy) is 1. The highest BCUT2D eigenvalue weighted by Crippen LogP contribution is 2.26. The summed E-state index contributed by atoms with van der Waals surface area (Å²) in [6.07, 6.45) is 4.80. The van der Waals surface area contributed by atoms with Crippen LogP contribution in [0.25, 0.3) is 0 Å². The topological polar surface area (TPSA) is 84.4 Å². The van der Waals surface area contributed by atoms with Crippen LogP contribution >= 0.6 is 11.6 Å². The zero-order chi connectivity index (χ0) is 19.1. The van der Waals surface area contributed by atoms with Crippen LogP contribution in [0.4, 0.5) is 11.5 Å². The highest BCUT2D eigenvalue weighted by atomic mass is 35.5. The first kappa shape index (κ1) is 19.7. The van der Waals surface area contributed by atoms with Crippen molar-refractivity contribution in [1.29, 1.82) is 0 Å². The SMILES string of the molecule is CCCCN(C)C(=O)c1cnc(Nc2cc(C(=O)OC)ccc2Cl)cn1. The Morgan fingerprint density at radius 1 is 1.27 bits per heavy atom. The van der Waals surface area contributed by atoms with Gasteiger partial charge in [-0.25, -0.2) is 14.8 Å². The van der Waals surface area contributed by atoms with Crippen LogP contribution in [0.5, 0.6) is 0 Å². The maximum Gasteiger partial charge on any atom is 0.337 e. The molecule has 0 aliphatic carbocycles. The summed E-state index contributed by atoms with van der Waals surface area (Å²) in [4.78, 5) is 33.9. The van der Waals surface area contributed by atoms with Crippen molar-refractivity contribution in [1.82, 2.24) is 14.9 Å². The molecule has 0 spiro atoms. The first-order chi connectivity index (χ1) is 12.5. The Bertz CT molecular complexity index is 781. The average Bonchev–Trinajstić information content (AvgIpc) is 2.67. The molecular weight excluding hydrogens is 356 g/mol. The smallest absolute Gasteiger partial charge is 0.337 e. The summed E-state index contributed by atoms with van der Waals surface area (Å²) in [5.41, 5.74) is 1.11. The minimum Gasteiger partial charge on any atom is -0.465 e. The van der Waals surface area contributed by atoms with Crippen LogP contribution in [0.2, 0.25) is 5.02 Å². The number of carbonyl (C=O) groups excluding carboxylic acids is 2. The van der Waals surface area contributed by atoms with Crippen molar-refractivity contribution in [3.05, 3.63) is 46.9 Å². The molecule has 1 aromatic carbocycles. The van der Waals surface area contributed by atoms with Crippen molar-refractivity contribution in [2.75, 3.05) is 26.0 Å². The zero-order valence-electron chi connectivity index (χ0n) is 15.0. The molecule has 2 rings (SSSR count). The molecule has 8 heteroatoms. The summed E-state index contributed by atoms with van der Waals surface area (Å²) in [5, 5.41) is 3.40. The van der Waals surface area contributed by atoms with E-state index in [0.29, 0.717) is 28.6 Å². The molecule has 0 aliphatic heterocycles. The molecule has 1 aromatic heterocycles. The number of nitrogens with one attached hydrogen (secondary N) is 1. The highest BCUT2D eigenvalue weighted by Gasteiger charge is 2.14. The van der Waals surface area contributed by atoms with Gasteiger partial charge in [-0.1, -0.05) is 24.9 Å². The van der Waals surface area contributed by atoms with E-state index in [1.807, 2.05) is 0 Å². The lowest BCUT2D eigenvalue weighted by Crippen LogP contribution is -2.28. The molecule has 1 heterocycles. The van der Waals surface area contributed by atoms with E-state index in [4.69, 9.17) is 16.3 Å². The summed E-state index contributed by atoms with van der Waals surface area (Å²) in [5.74, 6) is -0.239. The third kappa shape index (κ3) is 4.92. The maximum absolute atomic E-state index is 12.3. The van der Waals surface area contributed by atoms with E-state index in [1.54, 1.807) is 30.1 Å². The molecule has 2 aromatic rings. The molecule has 0 atom stereocenters. The monoisotopic (exact) mass is 376 g/mol. The summed E-state index contributed by atoms with van der Waals surface area (Å²) in [6, 6.07) is 4.72. The molecule has 0 aliphatic rings. The summed E-state index contributed by atoms with van der Waals surface area (Å²) in [6.45, 7) is 2.74. The lowest BCUT2D eigenvalue weighted by Gasteiger charge is -2.16. The number of methoxy groups -OCH3 is 1. The van der Waals surface area contributed by atoms with Crippen molar-refractivity contribution in [3.8, 4) is 0 Å². The van der Waals surface area contributed by atoms with E-state index < -0.39 is 5.97 Å². The number of benzene rings is 1. The van der Waals surface area contributed by atoms with Gasteiger partial charge in [0.1, 0.15) is 11.5 Å². The Balaban J connectivity index is 2.12. The molecule has 0 unspecified atom stereocenters. The number of halogens is 1. The predicted octanol–water partition coefficient (Wildman–Crippen LogP) is 3.53. The lowest BCUT2D eigenvalue weighted by atomic mass is 10.2. The number of anilines is 2. The van der Waals surface area contributed by atoms with Gasteiger partial charge < -0.3 is 15.0 Å². The van der Waals surface area contributed by atoms with Crippen molar-refractivity contribution in [2.45, 2.75) is 19.8 Å². The van der Waals surface area contributed by atoms with Crippen LogP contribution in [0.15, 0.2) is 30.6 Å². The second kappa shape index (κ2) is 9.15. The third-order valence-electron chi connectivity index (χ3n) is 3.71. The first-order valence-corrected chi connectivity index (χ1v) is 8.56. The van der Waals surface area contributed by atoms with Gasteiger partial charge in [0, 0.05) is 13.6 Å². The molecule has 1 amide bonds. The van der Waals surface area contributed by atoms with Crippen molar-refractivity contribution < 1.29 is 14.3 Å². The number of carbonyl (C=O) groups is 2. The van der Waals surface area contributed by atoms with Gasteiger partial charge in [-0.05, 0) is 24.6 Å². The van der Waals surface area contributed by atoms with Gasteiger partial charge in [-0.15, -0.1) is 0 Å². The van der Waals surface area contributed by atoms with Gasteiger partial charge >= 0.3 is 5.97 Å². The number of esters is 1. The van der Waals surface area contributed by atoms with Crippen LogP contribution in [0, 0.1) is 0 Å². The highest BCUT2D eigenvalue weighted by molar-refractivity contribution is 6.33. The number of aromatic nitrogens is 2. The average molecular weight is 377 g/mol. The maximum atomic E-state index is 12.3. The van der Waals surface area contributed by atoms with Crippen LogP contribution in [0.3, 0.4) is 0 Å². The normalized spacial score (nSPS) is 10.3. The summed E-state index contributed by atoms with van der Waals surface area (Å²) >= 11 is 6.14. The van der Waals surface area contributed by atoms with E-state index in [0.717, 1.165) is 12.8 Å². The van der Waals surface area contributed by atoms with E-state index in [-0.39, 0.29) is 11.6 Å². The molecule has 0 radical (unpaired) electrons. The molecule has 0 saturated heterocycles. The Morgan fingerprint density at radius 2 is 2.04 bits per heavy atom. The van der Waals surface area contributed by atoms with Crippen LogP contribution < -0.4 is 5.32 Å². The van der Waals surface area contributed by atoms with E-state index >= 15 is 0 Å². The van der Waals surface area contributed by atoms with Gasteiger partial charge in [0.2, 0.25) is 0 Å². The minimum absolute atomic E-state index is 0.178. The standard InChI is InChI=1S/C18H21ClN4O3/c1-4-5-8-23(2)17(24)15-10-21-16(11-20-15)22-14-9-12(18(25)26-3)6-7-13(14)19/h6-7,9-11H,4-5,8H2,1-3H3,(H,21,22). The Hall–Kier alpha value is -2.67. The van der Waals surface area contributed by atoms with E-state index in [9.17, 15) is 9.59 Å². The number of hydrogen-bond donors (Lipinski definition) is 1. The van der Waals surface area contributed by atoms with E-state index in [1.165, 1.54) is 19.5 Å². The van der Waals surface area contributed by atoms with Crippen molar-refractivity contribution in [2.24, 2.45) is 0 Å². The Labute approximate surface area is 157 Å². The largest absolute Gasteiger partial charge is 0.465 e. The first-order valence-electron chi connectivity index (χ1n) is 8.18. The van der Waals surface area contributed by atoms with Crippen LogP contribution in [0.1, 0.15) is 40.6 Å². The molecule has 7 nitrogen and oxygen atoms in total. The van der Waals surface area contributed by atoms with Gasteiger partial charge in [0.15, 0.2) is 0 Å². The van der Waals surface area contributed by atoms with Gasteiger partial charge in [0.05, 0.1) is 35.8 Å². The van der Waals surface area contributed by atoms with Crippen molar-refractivity contribution in [3.63, 3.8) is 0 Å². The second-order valence-corrected chi connectivity index (χ2v) is 6.09. The number of unbranched alkanes of at least 4 members (excludes halogenated alkanes) is 1. The summed E-state index contributed by atoms with van der Waals surface area (Å²) in [7, 11) is 3.05. The van der Waals surface area contributed by atoms with Crippen molar-refractivity contribution >= 4 is 35.0 Å². The molecule has 0 saturated carbocycles. The van der Waals surface area contributed by atoms with Gasteiger partial charge in [0.25, 0.3) is 5.91 Å². The molecule has 0 bridgehead atoms. The predicted molar refractivity (Wildman–Crippen MR) is 100.0 cm³/mol. The van der Waals surface area contributed by atoms with Gasteiger partial charge in [-0.3, -0.25) is 4.79 Å². The lowest BCUT2D eigenvalue weighted by molar-refractivity contribution is 0.0600.